The predicted octanol–water partition coefficient (Wildman–Crippen LogP) is -0.262. The summed E-state index contributed by atoms with van der Waals surface area (Å²) in [7, 11) is 0. The van der Waals surface area contributed by atoms with Crippen molar-refractivity contribution in [3.8, 4) is 0 Å². The molecule has 0 aromatic heterocycles. The molecule has 0 spiro atoms. The monoisotopic (exact) mass is 305 g/mol. The summed E-state index contributed by atoms with van der Waals surface area (Å²) in [5.41, 5.74) is 0.577. The molecule has 4 N–H and O–H groups in total. The predicted molar refractivity (Wildman–Crippen MR) is 79.4 cm³/mol. The number of carboxylic acids is 1. The van der Waals surface area contributed by atoms with Gasteiger partial charge in [-0.25, -0.2) is 0 Å². The molecule has 0 bridgehead atoms. The molecule has 118 valence electrons. The Labute approximate surface area is 128 Å². The molecule has 2 amide bonds. The van der Waals surface area contributed by atoms with E-state index in [1.165, 1.54) is 0 Å². The van der Waals surface area contributed by atoms with Crippen LogP contribution in [0, 0.1) is 0 Å². The van der Waals surface area contributed by atoms with E-state index in [1.807, 2.05) is 6.07 Å². The maximum atomic E-state index is 12.1. The fourth-order valence-corrected chi connectivity index (χ4v) is 2.39. The van der Waals surface area contributed by atoms with Crippen LogP contribution in [0.5, 0.6) is 0 Å². The quantitative estimate of drug-likeness (QED) is 0.599. The third kappa shape index (κ3) is 4.56. The first-order valence-corrected chi connectivity index (χ1v) is 7.15. The molecule has 1 aromatic rings. The third-order valence-electron chi connectivity index (χ3n) is 3.51. The van der Waals surface area contributed by atoms with Gasteiger partial charge in [-0.1, -0.05) is 18.2 Å². The Balaban J connectivity index is 1.86. The zero-order chi connectivity index (χ0) is 15.9. The summed E-state index contributed by atoms with van der Waals surface area (Å²) in [6, 6.07) is 8.27. The average Bonchev–Trinajstić information content (AvgIpc) is 2.53. The summed E-state index contributed by atoms with van der Waals surface area (Å²) < 4.78 is 0. The Morgan fingerprint density at radius 3 is 2.64 bits per heavy atom. The molecular formula is C15H19N3O4. The van der Waals surface area contributed by atoms with Crippen LogP contribution in [0.3, 0.4) is 0 Å². The third-order valence-corrected chi connectivity index (χ3v) is 3.51. The first-order chi connectivity index (χ1) is 10.6. The van der Waals surface area contributed by atoms with Crippen LogP contribution in [0.15, 0.2) is 30.3 Å². The van der Waals surface area contributed by atoms with Gasteiger partial charge in [-0.05, 0) is 31.5 Å². The van der Waals surface area contributed by atoms with Crippen molar-refractivity contribution in [1.29, 1.82) is 0 Å². The van der Waals surface area contributed by atoms with Crippen molar-refractivity contribution in [2.45, 2.75) is 24.9 Å². The Morgan fingerprint density at radius 1 is 1.23 bits per heavy atom. The number of hydrogen-bond donors (Lipinski definition) is 4. The lowest BCUT2D eigenvalue weighted by Gasteiger charge is -2.30. The highest BCUT2D eigenvalue weighted by molar-refractivity contribution is 5.94. The number of carbonyl (C=O) groups is 3. The standard InChI is InChI=1S/C15H19N3O4/c19-13(20)9-17-15(22)12-8-11(6-7-16-12)18-14(21)10-4-2-1-3-5-10/h1-5,11-12,16H,6-9H2,(H,17,22)(H,18,21)(H,19,20). The van der Waals surface area contributed by atoms with Gasteiger partial charge in [0.05, 0.1) is 6.04 Å². The first kappa shape index (κ1) is 16.0. The van der Waals surface area contributed by atoms with Gasteiger partial charge in [0.15, 0.2) is 0 Å². The lowest BCUT2D eigenvalue weighted by atomic mass is 9.98. The molecule has 2 unspecified atom stereocenters. The van der Waals surface area contributed by atoms with E-state index in [0.717, 1.165) is 6.42 Å². The normalized spacial score (nSPS) is 20.9. The highest BCUT2D eigenvalue weighted by Crippen LogP contribution is 2.10. The van der Waals surface area contributed by atoms with Crippen LogP contribution in [0.4, 0.5) is 0 Å². The van der Waals surface area contributed by atoms with Gasteiger partial charge in [-0.15, -0.1) is 0 Å². The summed E-state index contributed by atoms with van der Waals surface area (Å²) in [5.74, 6) is -1.61. The van der Waals surface area contributed by atoms with Crippen molar-refractivity contribution in [2.75, 3.05) is 13.1 Å². The van der Waals surface area contributed by atoms with Crippen molar-refractivity contribution in [1.82, 2.24) is 16.0 Å². The summed E-state index contributed by atoms with van der Waals surface area (Å²) in [5, 5.41) is 16.8. The molecule has 1 heterocycles. The number of benzene rings is 1. The summed E-state index contributed by atoms with van der Waals surface area (Å²) in [6.45, 7) is 0.183. The molecular weight excluding hydrogens is 286 g/mol. The molecule has 2 atom stereocenters. The number of nitrogens with one attached hydrogen (secondary N) is 3. The summed E-state index contributed by atoms with van der Waals surface area (Å²) in [4.78, 5) is 34.4. The van der Waals surface area contributed by atoms with Crippen LogP contribution in [0.25, 0.3) is 0 Å². The average molecular weight is 305 g/mol. The van der Waals surface area contributed by atoms with Crippen LogP contribution in [0.2, 0.25) is 0 Å². The maximum absolute atomic E-state index is 12.1. The zero-order valence-corrected chi connectivity index (χ0v) is 12.0. The van der Waals surface area contributed by atoms with E-state index in [-0.39, 0.29) is 17.9 Å². The lowest BCUT2D eigenvalue weighted by Crippen LogP contribution is -2.54. The van der Waals surface area contributed by atoms with Gasteiger partial charge in [0.2, 0.25) is 5.91 Å². The Kier molecular flexibility index (Phi) is 5.48. The van der Waals surface area contributed by atoms with Crippen molar-refractivity contribution < 1.29 is 19.5 Å². The number of hydrogen-bond acceptors (Lipinski definition) is 4. The van der Waals surface area contributed by atoms with Crippen LogP contribution in [0.1, 0.15) is 23.2 Å². The van der Waals surface area contributed by atoms with Crippen molar-refractivity contribution in [3.63, 3.8) is 0 Å². The number of amides is 2. The Hall–Kier alpha value is -2.41. The van der Waals surface area contributed by atoms with Gasteiger partial charge in [0, 0.05) is 11.6 Å². The molecule has 1 aliphatic heterocycles. The second-order valence-electron chi connectivity index (χ2n) is 5.18. The molecule has 7 nitrogen and oxygen atoms in total. The number of carbonyl (C=O) groups excluding carboxylic acids is 2. The van der Waals surface area contributed by atoms with Gasteiger partial charge in [-0.2, -0.15) is 0 Å². The van der Waals surface area contributed by atoms with Crippen molar-refractivity contribution >= 4 is 17.8 Å². The highest BCUT2D eigenvalue weighted by atomic mass is 16.4. The largest absolute Gasteiger partial charge is 0.480 e. The fourth-order valence-electron chi connectivity index (χ4n) is 2.39. The second-order valence-corrected chi connectivity index (χ2v) is 5.18. The topological polar surface area (TPSA) is 108 Å². The first-order valence-electron chi connectivity index (χ1n) is 7.15. The summed E-state index contributed by atoms with van der Waals surface area (Å²) >= 11 is 0. The van der Waals surface area contributed by atoms with Gasteiger partial charge in [-0.3, -0.25) is 14.4 Å². The minimum atomic E-state index is -1.09. The minimum Gasteiger partial charge on any atom is -0.480 e. The maximum Gasteiger partial charge on any atom is 0.322 e. The molecule has 1 aliphatic rings. The van der Waals surface area contributed by atoms with E-state index in [9.17, 15) is 14.4 Å². The minimum absolute atomic E-state index is 0.116. The molecule has 0 radical (unpaired) electrons. The Bertz CT molecular complexity index is 547. The molecule has 2 rings (SSSR count). The SMILES string of the molecule is O=C(O)CNC(=O)C1CC(NC(=O)c2ccccc2)CCN1. The van der Waals surface area contributed by atoms with Gasteiger partial charge in [0.25, 0.3) is 5.91 Å². The second kappa shape index (κ2) is 7.56. The number of piperidine rings is 1. The van der Waals surface area contributed by atoms with Crippen molar-refractivity contribution in [3.05, 3.63) is 35.9 Å². The van der Waals surface area contributed by atoms with E-state index in [2.05, 4.69) is 16.0 Å². The van der Waals surface area contributed by atoms with E-state index >= 15 is 0 Å². The van der Waals surface area contributed by atoms with Crippen LogP contribution in [-0.4, -0.2) is 48.1 Å². The molecule has 0 aliphatic carbocycles. The molecule has 7 heteroatoms. The number of carboxylic acid groups (broad SMARTS) is 1. The van der Waals surface area contributed by atoms with Gasteiger partial charge in [0.1, 0.15) is 6.54 Å². The number of aliphatic carboxylic acids is 1. The summed E-state index contributed by atoms with van der Waals surface area (Å²) in [6.07, 6.45) is 1.16. The van der Waals surface area contributed by atoms with Crippen LogP contribution in [-0.2, 0) is 9.59 Å². The van der Waals surface area contributed by atoms with Crippen LogP contribution < -0.4 is 16.0 Å². The molecule has 22 heavy (non-hydrogen) atoms. The van der Waals surface area contributed by atoms with E-state index in [1.54, 1.807) is 24.3 Å². The zero-order valence-electron chi connectivity index (χ0n) is 12.0. The molecule has 1 aromatic carbocycles. The number of rotatable bonds is 5. The lowest BCUT2D eigenvalue weighted by molar-refractivity contribution is -0.138. The molecule has 1 saturated heterocycles. The van der Waals surface area contributed by atoms with Gasteiger partial charge >= 0.3 is 5.97 Å². The van der Waals surface area contributed by atoms with Gasteiger partial charge < -0.3 is 21.1 Å². The highest BCUT2D eigenvalue weighted by Gasteiger charge is 2.28. The van der Waals surface area contributed by atoms with E-state index in [4.69, 9.17) is 5.11 Å². The fraction of sp³-hybridized carbons (Fsp3) is 0.400. The van der Waals surface area contributed by atoms with Crippen LogP contribution >= 0.6 is 0 Å². The molecule has 0 saturated carbocycles. The van der Waals surface area contributed by atoms with E-state index < -0.39 is 18.6 Å². The molecule has 1 fully saturated rings. The Morgan fingerprint density at radius 2 is 1.95 bits per heavy atom. The smallest absolute Gasteiger partial charge is 0.322 e. The van der Waals surface area contributed by atoms with Crippen molar-refractivity contribution in [2.24, 2.45) is 0 Å². The van der Waals surface area contributed by atoms with E-state index in [0.29, 0.717) is 18.5 Å².